The van der Waals surface area contributed by atoms with Crippen LogP contribution in [0, 0.1) is 18.3 Å². The van der Waals surface area contributed by atoms with Crippen molar-refractivity contribution in [3.05, 3.63) is 59.3 Å². The number of hydrogen-bond donors (Lipinski definition) is 2. The van der Waals surface area contributed by atoms with Crippen molar-refractivity contribution in [2.75, 3.05) is 12.4 Å². The van der Waals surface area contributed by atoms with Gasteiger partial charge in [-0.3, -0.25) is 4.79 Å². The minimum atomic E-state index is -0.243. The fraction of sp³-hybridized carbons (Fsp3) is 0.111. The van der Waals surface area contributed by atoms with Crippen LogP contribution in [0.15, 0.2) is 42.5 Å². The van der Waals surface area contributed by atoms with Crippen LogP contribution in [0.2, 0.25) is 0 Å². The van der Waals surface area contributed by atoms with Crippen LogP contribution in [0.25, 0.3) is 10.9 Å². The molecule has 0 spiro atoms. The van der Waals surface area contributed by atoms with Crippen LogP contribution in [0.4, 0.5) is 5.69 Å². The van der Waals surface area contributed by atoms with Crippen molar-refractivity contribution in [1.82, 2.24) is 4.98 Å². The van der Waals surface area contributed by atoms with E-state index in [1.165, 1.54) is 0 Å². The number of amides is 1. The molecule has 1 heterocycles. The lowest BCUT2D eigenvalue weighted by molar-refractivity contribution is 0.102. The van der Waals surface area contributed by atoms with Gasteiger partial charge in [0, 0.05) is 22.7 Å². The van der Waals surface area contributed by atoms with Crippen molar-refractivity contribution >= 4 is 22.5 Å². The van der Waals surface area contributed by atoms with Gasteiger partial charge in [-0.1, -0.05) is 6.07 Å². The van der Waals surface area contributed by atoms with Crippen LogP contribution in [-0.2, 0) is 0 Å². The molecule has 0 aliphatic rings. The molecular weight excluding hydrogens is 290 g/mol. The number of carbonyl (C=O) groups is 1. The minimum Gasteiger partial charge on any atom is -0.497 e. The van der Waals surface area contributed by atoms with Crippen LogP contribution in [0.5, 0.6) is 5.75 Å². The molecule has 2 aromatic carbocycles. The van der Waals surface area contributed by atoms with E-state index < -0.39 is 0 Å². The molecule has 0 fully saturated rings. The SMILES string of the molecule is COc1ccc2c(C)c(C(=O)Nc3cccc(C#N)c3)[nH]c2c1. The molecule has 0 radical (unpaired) electrons. The molecule has 0 saturated heterocycles. The second-order valence-electron chi connectivity index (χ2n) is 5.18. The van der Waals surface area contributed by atoms with Crippen LogP contribution < -0.4 is 10.1 Å². The van der Waals surface area contributed by atoms with Crippen molar-refractivity contribution in [1.29, 1.82) is 5.26 Å². The number of anilines is 1. The van der Waals surface area contributed by atoms with E-state index in [1.54, 1.807) is 31.4 Å². The Balaban J connectivity index is 1.94. The Morgan fingerprint density at radius 1 is 1.26 bits per heavy atom. The molecule has 0 saturated carbocycles. The summed E-state index contributed by atoms with van der Waals surface area (Å²) in [5.74, 6) is 0.486. The average Bonchev–Trinajstić information content (AvgIpc) is 2.91. The van der Waals surface area contributed by atoms with Crippen molar-refractivity contribution < 1.29 is 9.53 Å². The zero-order chi connectivity index (χ0) is 16.4. The van der Waals surface area contributed by atoms with Gasteiger partial charge in [-0.15, -0.1) is 0 Å². The molecule has 5 nitrogen and oxygen atoms in total. The summed E-state index contributed by atoms with van der Waals surface area (Å²) in [7, 11) is 1.60. The Kier molecular flexibility index (Phi) is 3.73. The molecule has 1 amide bonds. The van der Waals surface area contributed by atoms with Gasteiger partial charge in [-0.2, -0.15) is 5.26 Å². The molecule has 3 aromatic rings. The summed E-state index contributed by atoms with van der Waals surface area (Å²) >= 11 is 0. The Bertz CT molecular complexity index is 935. The molecule has 23 heavy (non-hydrogen) atoms. The highest BCUT2D eigenvalue weighted by atomic mass is 16.5. The number of nitrogens with one attached hydrogen (secondary N) is 2. The lowest BCUT2D eigenvalue weighted by atomic mass is 10.1. The van der Waals surface area contributed by atoms with Gasteiger partial charge in [0.15, 0.2) is 0 Å². The number of ether oxygens (including phenoxy) is 1. The van der Waals surface area contributed by atoms with E-state index in [9.17, 15) is 4.79 Å². The number of rotatable bonds is 3. The van der Waals surface area contributed by atoms with Crippen LogP contribution in [-0.4, -0.2) is 18.0 Å². The lowest BCUT2D eigenvalue weighted by Gasteiger charge is -2.05. The molecule has 0 unspecified atom stereocenters. The zero-order valence-corrected chi connectivity index (χ0v) is 12.8. The first kappa shape index (κ1) is 14.7. The van der Waals surface area contributed by atoms with Gasteiger partial charge in [-0.25, -0.2) is 0 Å². The predicted octanol–water partition coefficient (Wildman–Crippen LogP) is 3.61. The van der Waals surface area contributed by atoms with Crippen molar-refractivity contribution in [2.45, 2.75) is 6.92 Å². The molecule has 0 aliphatic heterocycles. The summed E-state index contributed by atoms with van der Waals surface area (Å²) in [6.07, 6.45) is 0. The van der Waals surface area contributed by atoms with E-state index in [2.05, 4.69) is 16.4 Å². The third kappa shape index (κ3) is 2.74. The van der Waals surface area contributed by atoms with E-state index in [4.69, 9.17) is 10.00 Å². The van der Waals surface area contributed by atoms with Crippen molar-refractivity contribution in [2.24, 2.45) is 0 Å². The van der Waals surface area contributed by atoms with Gasteiger partial charge in [-0.05, 0) is 42.8 Å². The normalized spacial score (nSPS) is 10.3. The number of nitriles is 1. The largest absolute Gasteiger partial charge is 0.497 e. The smallest absolute Gasteiger partial charge is 0.272 e. The van der Waals surface area contributed by atoms with Gasteiger partial charge in [0.25, 0.3) is 5.91 Å². The third-order valence-electron chi connectivity index (χ3n) is 3.74. The summed E-state index contributed by atoms with van der Waals surface area (Å²) < 4.78 is 5.20. The monoisotopic (exact) mass is 305 g/mol. The molecular formula is C18H15N3O2. The predicted molar refractivity (Wildman–Crippen MR) is 88.7 cm³/mol. The highest BCUT2D eigenvalue weighted by Gasteiger charge is 2.15. The van der Waals surface area contributed by atoms with E-state index in [1.807, 2.05) is 25.1 Å². The highest BCUT2D eigenvalue weighted by molar-refractivity contribution is 6.08. The van der Waals surface area contributed by atoms with Gasteiger partial charge in [0.2, 0.25) is 0 Å². The summed E-state index contributed by atoms with van der Waals surface area (Å²) in [4.78, 5) is 15.6. The Labute approximate surface area is 133 Å². The second-order valence-corrected chi connectivity index (χ2v) is 5.18. The number of methoxy groups -OCH3 is 1. The van der Waals surface area contributed by atoms with E-state index in [0.29, 0.717) is 16.9 Å². The number of aromatic amines is 1. The summed E-state index contributed by atoms with van der Waals surface area (Å²) in [6, 6.07) is 14.5. The number of nitrogens with zero attached hydrogens (tertiary/aromatic N) is 1. The Morgan fingerprint density at radius 2 is 2.09 bits per heavy atom. The first-order valence-corrected chi connectivity index (χ1v) is 7.10. The topological polar surface area (TPSA) is 77.9 Å². The molecule has 3 rings (SSSR count). The minimum absolute atomic E-state index is 0.243. The van der Waals surface area contributed by atoms with E-state index in [-0.39, 0.29) is 5.91 Å². The number of H-pyrrole nitrogens is 1. The Morgan fingerprint density at radius 3 is 2.83 bits per heavy atom. The van der Waals surface area contributed by atoms with Gasteiger partial charge in [0.1, 0.15) is 11.4 Å². The van der Waals surface area contributed by atoms with Gasteiger partial charge in [0.05, 0.1) is 18.7 Å². The summed E-state index contributed by atoms with van der Waals surface area (Å²) in [6.45, 7) is 1.89. The van der Waals surface area contributed by atoms with Crippen LogP contribution in [0.1, 0.15) is 21.6 Å². The summed E-state index contributed by atoms with van der Waals surface area (Å²) in [5.41, 5.74) is 3.30. The molecule has 2 N–H and O–H groups in total. The number of fused-ring (bicyclic) bond motifs is 1. The molecule has 1 aromatic heterocycles. The van der Waals surface area contributed by atoms with E-state index >= 15 is 0 Å². The van der Waals surface area contributed by atoms with Crippen LogP contribution >= 0.6 is 0 Å². The van der Waals surface area contributed by atoms with Gasteiger partial charge >= 0.3 is 0 Å². The maximum Gasteiger partial charge on any atom is 0.272 e. The number of aromatic nitrogens is 1. The molecule has 0 bridgehead atoms. The number of hydrogen-bond acceptors (Lipinski definition) is 3. The lowest BCUT2D eigenvalue weighted by Crippen LogP contribution is -2.13. The third-order valence-corrected chi connectivity index (χ3v) is 3.74. The number of aryl methyl sites for hydroxylation is 1. The summed E-state index contributed by atoms with van der Waals surface area (Å²) in [5, 5.41) is 12.7. The van der Waals surface area contributed by atoms with E-state index in [0.717, 1.165) is 22.2 Å². The Hall–Kier alpha value is -3.26. The first-order chi connectivity index (χ1) is 11.1. The zero-order valence-electron chi connectivity index (χ0n) is 12.8. The molecule has 0 aliphatic carbocycles. The number of benzene rings is 2. The quantitative estimate of drug-likeness (QED) is 0.776. The second kappa shape index (κ2) is 5.85. The number of carbonyl (C=O) groups excluding carboxylic acids is 1. The maximum atomic E-state index is 12.5. The molecule has 114 valence electrons. The van der Waals surface area contributed by atoms with Gasteiger partial charge < -0.3 is 15.0 Å². The maximum absolute atomic E-state index is 12.5. The molecule has 5 heteroatoms. The average molecular weight is 305 g/mol. The van der Waals surface area contributed by atoms with Crippen LogP contribution in [0.3, 0.4) is 0 Å². The first-order valence-electron chi connectivity index (χ1n) is 7.10. The fourth-order valence-electron chi connectivity index (χ4n) is 2.53. The standard InChI is InChI=1S/C18H15N3O2/c1-11-15-7-6-14(23-2)9-16(15)21-17(11)18(22)20-13-5-3-4-12(8-13)10-19/h3-9,21H,1-2H3,(H,20,22). The highest BCUT2D eigenvalue weighted by Crippen LogP contribution is 2.26. The van der Waals surface area contributed by atoms with Crippen molar-refractivity contribution in [3.8, 4) is 11.8 Å². The fourth-order valence-corrected chi connectivity index (χ4v) is 2.53. The van der Waals surface area contributed by atoms with Crippen molar-refractivity contribution in [3.63, 3.8) is 0 Å². The molecule has 0 atom stereocenters.